The van der Waals surface area contributed by atoms with Crippen LogP contribution in [0.1, 0.15) is 0 Å². The third-order valence-corrected chi connectivity index (χ3v) is 2.64. The van der Waals surface area contributed by atoms with Crippen molar-refractivity contribution in [2.24, 2.45) is 0 Å². The molecule has 1 saturated heterocycles. The highest BCUT2D eigenvalue weighted by atomic mass is 35.5. The topological polar surface area (TPSA) is 59.6 Å². The lowest BCUT2D eigenvalue weighted by Gasteiger charge is -2.23. The average Bonchev–Trinajstić information content (AvgIpc) is 2.41. The second-order valence-corrected chi connectivity index (χ2v) is 3.90. The summed E-state index contributed by atoms with van der Waals surface area (Å²) in [6, 6.07) is 3.94. The van der Waals surface area contributed by atoms with E-state index >= 15 is 0 Å². The predicted molar refractivity (Wildman–Crippen MR) is 71.4 cm³/mol. The summed E-state index contributed by atoms with van der Waals surface area (Å²) in [5, 5.41) is 5.72. The lowest BCUT2D eigenvalue weighted by molar-refractivity contribution is -0.128. The highest BCUT2D eigenvalue weighted by molar-refractivity contribution is 5.95. The normalized spacial score (nSPS) is 18.3. The number of hydrogen-bond donors (Lipinski definition) is 2. The van der Waals surface area contributed by atoms with Crippen LogP contribution in [-0.4, -0.2) is 38.8 Å². The molecule has 106 valence electrons. The third kappa shape index (κ3) is 4.05. The molecule has 1 heterocycles. The number of carbonyl (C=O) groups excluding carboxylic acids is 1. The van der Waals surface area contributed by atoms with E-state index in [1.54, 1.807) is 0 Å². The fourth-order valence-electron chi connectivity index (χ4n) is 1.72. The maximum absolute atomic E-state index is 13.0. The van der Waals surface area contributed by atoms with Crippen molar-refractivity contribution in [2.75, 3.05) is 32.1 Å². The average molecular weight is 291 g/mol. The van der Waals surface area contributed by atoms with Gasteiger partial charge in [0.15, 0.2) is 0 Å². The first-order valence-corrected chi connectivity index (χ1v) is 5.67. The number of carbonyl (C=O) groups is 1. The van der Waals surface area contributed by atoms with Crippen LogP contribution < -0.4 is 15.4 Å². The molecule has 1 unspecified atom stereocenters. The molecule has 7 heteroatoms. The number of hydrogen-bond acceptors (Lipinski definition) is 4. The van der Waals surface area contributed by atoms with E-state index in [9.17, 15) is 9.18 Å². The van der Waals surface area contributed by atoms with Crippen molar-refractivity contribution in [2.45, 2.75) is 6.10 Å². The lowest BCUT2D eigenvalue weighted by Crippen LogP contribution is -2.45. The quantitative estimate of drug-likeness (QED) is 0.878. The van der Waals surface area contributed by atoms with E-state index in [0.29, 0.717) is 18.8 Å². The van der Waals surface area contributed by atoms with Crippen LogP contribution in [0.15, 0.2) is 18.2 Å². The molecule has 0 radical (unpaired) electrons. The standard InChI is InChI=1S/C12H15FN2O3.ClH/c1-17-10-6-8(13)2-3-9(10)15-12(16)11-7-14-4-5-18-11;/h2-3,6,11,14H,4-5,7H2,1H3,(H,15,16);1H. The summed E-state index contributed by atoms with van der Waals surface area (Å²) in [7, 11) is 1.42. The summed E-state index contributed by atoms with van der Waals surface area (Å²) < 4.78 is 23.3. The van der Waals surface area contributed by atoms with Crippen molar-refractivity contribution >= 4 is 24.0 Å². The van der Waals surface area contributed by atoms with Crippen molar-refractivity contribution in [3.63, 3.8) is 0 Å². The number of ether oxygens (including phenoxy) is 2. The fourth-order valence-corrected chi connectivity index (χ4v) is 1.72. The van der Waals surface area contributed by atoms with E-state index in [0.717, 1.165) is 6.54 Å². The van der Waals surface area contributed by atoms with E-state index in [1.807, 2.05) is 0 Å². The first-order chi connectivity index (χ1) is 8.70. The number of amides is 1. The van der Waals surface area contributed by atoms with Gasteiger partial charge >= 0.3 is 0 Å². The molecule has 1 aliphatic rings. The Morgan fingerprint density at radius 2 is 2.37 bits per heavy atom. The fraction of sp³-hybridized carbons (Fsp3) is 0.417. The monoisotopic (exact) mass is 290 g/mol. The highest BCUT2D eigenvalue weighted by Crippen LogP contribution is 2.25. The van der Waals surface area contributed by atoms with Crippen LogP contribution >= 0.6 is 12.4 Å². The molecule has 2 N–H and O–H groups in total. The van der Waals surface area contributed by atoms with Gasteiger partial charge in [-0.05, 0) is 12.1 Å². The van der Waals surface area contributed by atoms with Crippen molar-refractivity contribution in [1.82, 2.24) is 5.32 Å². The Kier molecular flexibility index (Phi) is 6.01. The molecule has 1 fully saturated rings. The van der Waals surface area contributed by atoms with E-state index in [1.165, 1.54) is 25.3 Å². The van der Waals surface area contributed by atoms with Crippen LogP contribution in [0.25, 0.3) is 0 Å². The van der Waals surface area contributed by atoms with Gasteiger partial charge in [-0.2, -0.15) is 0 Å². The zero-order chi connectivity index (χ0) is 13.0. The van der Waals surface area contributed by atoms with Gasteiger partial charge in [-0.25, -0.2) is 4.39 Å². The number of benzene rings is 1. The Morgan fingerprint density at radius 1 is 1.58 bits per heavy atom. The maximum atomic E-state index is 13.0. The first kappa shape index (κ1) is 15.7. The molecule has 0 spiro atoms. The van der Waals surface area contributed by atoms with Gasteiger partial charge in [0.05, 0.1) is 19.4 Å². The van der Waals surface area contributed by atoms with Gasteiger partial charge in [0.25, 0.3) is 5.91 Å². The van der Waals surface area contributed by atoms with E-state index in [2.05, 4.69) is 10.6 Å². The molecular formula is C12H16ClFN2O3. The van der Waals surface area contributed by atoms with Crippen LogP contribution in [-0.2, 0) is 9.53 Å². The summed E-state index contributed by atoms with van der Waals surface area (Å²) in [5.41, 5.74) is 0.429. The molecule has 1 aliphatic heterocycles. The van der Waals surface area contributed by atoms with Crippen LogP contribution in [0, 0.1) is 5.82 Å². The van der Waals surface area contributed by atoms with E-state index in [-0.39, 0.29) is 24.1 Å². The molecule has 5 nitrogen and oxygen atoms in total. The van der Waals surface area contributed by atoms with Crippen molar-refractivity contribution in [3.8, 4) is 5.75 Å². The smallest absolute Gasteiger partial charge is 0.254 e. The van der Waals surface area contributed by atoms with Crippen LogP contribution in [0.2, 0.25) is 0 Å². The minimum atomic E-state index is -0.534. The Balaban J connectivity index is 0.00000180. The molecule has 1 aromatic carbocycles. The van der Waals surface area contributed by atoms with Crippen LogP contribution in [0.4, 0.5) is 10.1 Å². The predicted octanol–water partition coefficient (Wildman–Crippen LogP) is 1.18. The number of anilines is 1. The van der Waals surface area contributed by atoms with Gasteiger partial charge < -0.3 is 20.1 Å². The van der Waals surface area contributed by atoms with Gasteiger partial charge in [-0.3, -0.25) is 4.79 Å². The second kappa shape index (κ2) is 7.28. The summed E-state index contributed by atoms with van der Waals surface area (Å²) in [4.78, 5) is 11.9. The summed E-state index contributed by atoms with van der Waals surface area (Å²) in [6.45, 7) is 1.71. The largest absolute Gasteiger partial charge is 0.494 e. The number of nitrogens with one attached hydrogen (secondary N) is 2. The van der Waals surface area contributed by atoms with Gasteiger partial charge in [-0.15, -0.1) is 12.4 Å². The molecule has 0 aliphatic carbocycles. The van der Waals surface area contributed by atoms with Gasteiger partial charge in [-0.1, -0.05) is 0 Å². The highest BCUT2D eigenvalue weighted by Gasteiger charge is 2.22. The zero-order valence-corrected chi connectivity index (χ0v) is 11.3. The van der Waals surface area contributed by atoms with Crippen molar-refractivity contribution < 1.29 is 18.7 Å². The molecule has 0 saturated carbocycles. The zero-order valence-electron chi connectivity index (χ0n) is 10.4. The Labute approximate surface area is 116 Å². The summed E-state index contributed by atoms with van der Waals surface area (Å²) >= 11 is 0. The minimum absolute atomic E-state index is 0. The van der Waals surface area contributed by atoms with Crippen LogP contribution in [0.3, 0.4) is 0 Å². The lowest BCUT2D eigenvalue weighted by atomic mass is 10.2. The van der Waals surface area contributed by atoms with E-state index in [4.69, 9.17) is 9.47 Å². The SMILES string of the molecule is COc1cc(F)ccc1NC(=O)C1CNCCO1.Cl. The maximum Gasteiger partial charge on any atom is 0.254 e. The molecule has 0 aromatic heterocycles. The van der Waals surface area contributed by atoms with Crippen molar-refractivity contribution in [3.05, 3.63) is 24.0 Å². The molecule has 1 aromatic rings. The molecule has 1 amide bonds. The Morgan fingerprint density at radius 3 is 3.00 bits per heavy atom. The summed E-state index contributed by atoms with van der Waals surface area (Å²) in [6.07, 6.45) is -0.534. The molecule has 19 heavy (non-hydrogen) atoms. The van der Waals surface area contributed by atoms with Crippen LogP contribution in [0.5, 0.6) is 5.75 Å². The first-order valence-electron chi connectivity index (χ1n) is 5.67. The molecular weight excluding hydrogens is 275 g/mol. The van der Waals surface area contributed by atoms with Gasteiger partial charge in [0.2, 0.25) is 0 Å². The molecule has 0 bridgehead atoms. The number of methoxy groups -OCH3 is 1. The van der Waals surface area contributed by atoms with E-state index < -0.39 is 11.9 Å². The number of morpholine rings is 1. The number of rotatable bonds is 3. The minimum Gasteiger partial charge on any atom is -0.494 e. The molecule has 2 rings (SSSR count). The number of halogens is 2. The second-order valence-electron chi connectivity index (χ2n) is 3.90. The Hall–Kier alpha value is -1.37. The van der Waals surface area contributed by atoms with Gasteiger partial charge in [0, 0.05) is 19.2 Å². The van der Waals surface area contributed by atoms with Gasteiger partial charge in [0.1, 0.15) is 17.7 Å². The Bertz CT molecular complexity index is 439. The summed E-state index contributed by atoms with van der Waals surface area (Å²) in [5.74, 6) is -0.403. The molecule has 1 atom stereocenters. The van der Waals surface area contributed by atoms with Crippen molar-refractivity contribution in [1.29, 1.82) is 0 Å². The third-order valence-electron chi connectivity index (χ3n) is 2.64.